The number of carbonyl (C=O) groups is 4. The maximum atomic E-state index is 14.2. The van der Waals surface area contributed by atoms with E-state index in [1.165, 1.54) is 25.1 Å². The highest BCUT2D eigenvalue weighted by Crippen LogP contribution is 2.56. The number of phenols is 1. The van der Waals surface area contributed by atoms with Gasteiger partial charge in [-0.3, -0.25) is 24.1 Å². The predicted molar refractivity (Wildman–Crippen MR) is 178 cm³/mol. The molecule has 3 aliphatic carbocycles. The third-order valence-electron chi connectivity index (χ3n) is 9.98. The van der Waals surface area contributed by atoms with E-state index in [4.69, 9.17) is 15.1 Å². The number of primary amides is 1. The Balaban J connectivity index is 1.27. The molecule has 1 fully saturated rings. The van der Waals surface area contributed by atoms with Gasteiger partial charge in [-0.15, -0.1) is 0 Å². The highest BCUT2D eigenvalue weighted by molar-refractivity contribution is 6.61. The fourth-order valence-electron chi connectivity index (χ4n) is 7.64. The Kier molecular flexibility index (Phi) is 8.90. The molecule has 0 bridgehead atoms. The van der Waals surface area contributed by atoms with E-state index in [0.29, 0.717) is 22.5 Å². The Morgan fingerprint density at radius 3 is 2.52 bits per heavy atom. The van der Waals surface area contributed by atoms with Crippen LogP contribution in [0.4, 0.5) is 11.4 Å². The zero-order valence-corrected chi connectivity index (χ0v) is 27.3. The zero-order chi connectivity index (χ0) is 36.4. The number of Topliss-reactive ketones (excluding diaryl/α,β-unsaturated/α-hetero) is 2. The average molecular weight is 692 g/mol. The highest BCUT2D eigenvalue weighted by Gasteiger charge is 2.68. The van der Waals surface area contributed by atoms with Gasteiger partial charge >= 0.3 is 7.12 Å². The van der Waals surface area contributed by atoms with Gasteiger partial charge < -0.3 is 56.3 Å². The first-order valence-corrected chi connectivity index (χ1v) is 15.9. The van der Waals surface area contributed by atoms with Gasteiger partial charge in [-0.25, -0.2) is 0 Å². The van der Waals surface area contributed by atoms with Crippen LogP contribution in [0.3, 0.4) is 0 Å². The molecule has 2 aromatic rings. The molecule has 0 aromatic heterocycles. The average Bonchev–Trinajstić information content (AvgIpc) is 3.23. The summed E-state index contributed by atoms with van der Waals surface area (Å²) in [7, 11) is 1.72. The van der Waals surface area contributed by atoms with Crippen LogP contribution < -0.4 is 26.6 Å². The number of nitrogens with two attached hydrogens (primary N) is 1. The molecule has 1 heterocycles. The van der Waals surface area contributed by atoms with E-state index in [1.54, 1.807) is 31.2 Å². The van der Waals surface area contributed by atoms with Gasteiger partial charge in [0, 0.05) is 41.7 Å². The summed E-state index contributed by atoms with van der Waals surface area (Å²) in [5, 5.41) is 73.2. The fourth-order valence-corrected chi connectivity index (χ4v) is 7.64. The number of fused-ring (bicyclic) bond motifs is 4. The van der Waals surface area contributed by atoms with Crippen molar-refractivity contribution in [3.8, 4) is 11.5 Å². The van der Waals surface area contributed by atoms with E-state index in [0.717, 1.165) is 0 Å². The quantitative estimate of drug-likeness (QED) is 0.0962. The normalized spacial score (nSPS) is 27.5. The maximum absolute atomic E-state index is 14.2. The predicted octanol–water partition coefficient (Wildman–Crippen LogP) is -0.967. The lowest BCUT2D eigenvalue weighted by Crippen LogP contribution is -2.70. The molecule has 6 rings (SSSR count). The van der Waals surface area contributed by atoms with E-state index in [2.05, 4.69) is 10.6 Å². The van der Waals surface area contributed by atoms with E-state index in [1.807, 2.05) is 0 Å². The van der Waals surface area contributed by atoms with Crippen molar-refractivity contribution in [1.29, 1.82) is 0 Å². The molecule has 16 nitrogen and oxygen atoms in total. The maximum Gasteiger partial charge on any atom is 0.495 e. The fraction of sp³-hybridized carbons (Fsp3) is 0.394. The molecule has 0 radical (unpaired) electrons. The molecule has 1 saturated carbocycles. The molecule has 0 unspecified atom stereocenters. The first-order chi connectivity index (χ1) is 23.6. The number of aliphatic hydroxyl groups excluding tert-OH is 3. The van der Waals surface area contributed by atoms with E-state index >= 15 is 0 Å². The summed E-state index contributed by atoms with van der Waals surface area (Å²) in [6, 6.07) is 6.36. The molecular weight excluding hydrogens is 655 g/mol. The molecule has 6 atom stereocenters. The van der Waals surface area contributed by atoms with Gasteiger partial charge in [-0.05, 0) is 37.7 Å². The summed E-state index contributed by atoms with van der Waals surface area (Å²) in [5.41, 5.74) is 1.96. The van der Waals surface area contributed by atoms with Crippen LogP contribution in [0.1, 0.15) is 30.4 Å². The third-order valence-corrected chi connectivity index (χ3v) is 9.98. The molecular formula is C33H37BN4O12. The van der Waals surface area contributed by atoms with Crippen molar-refractivity contribution in [1.82, 2.24) is 4.90 Å². The molecule has 10 N–H and O–H groups in total. The molecule has 4 aliphatic rings. The van der Waals surface area contributed by atoms with Crippen molar-refractivity contribution in [2.45, 2.75) is 37.0 Å². The number of hydrogen-bond donors (Lipinski definition) is 9. The molecule has 2 amide bonds. The summed E-state index contributed by atoms with van der Waals surface area (Å²) in [6.45, 7) is 2.08. The van der Waals surface area contributed by atoms with Gasteiger partial charge in [0.15, 0.2) is 11.4 Å². The van der Waals surface area contributed by atoms with Crippen LogP contribution in [-0.4, -0.2) is 118 Å². The number of amides is 2. The minimum Gasteiger partial charge on any atom is -0.508 e. The van der Waals surface area contributed by atoms with E-state index < -0.39 is 94.4 Å². The van der Waals surface area contributed by atoms with Gasteiger partial charge in [0.1, 0.15) is 35.2 Å². The van der Waals surface area contributed by atoms with Gasteiger partial charge in [-0.1, -0.05) is 19.1 Å². The Morgan fingerprint density at radius 2 is 1.84 bits per heavy atom. The van der Waals surface area contributed by atoms with Crippen molar-refractivity contribution < 1.29 is 59.1 Å². The topological polar surface area (TPSA) is 261 Å². The largest absolute Gasteiger partial charge is 0.508 e. The van der Waals surface area contributed by atoms with E-state index in [-0.39, 0.29) is 37.4 Å². The van der Waals surface area contributed by atoms with Crippen LogP contribution >= 0.6 is 0 Å². The minimum absolute atomic E-state index is 0.0231. The summed E-state index contributed by atoms with van der Waals surface area (Å²) in [5.74, 6) is -9.82. The van der Waals surface area contributed by atoms with Crippen LogP contribution in [-0.2, 0) is 23.8 Å². The van der Waals surface area contributed by atoms with Crippen LogP contribution in [0.5, 0.6) is 11.5 Å². The lowest BCUT2D eigenvalue weighted by Gasteiger charge is -2.53. The molecule has 17 heteroatoms. The smallest absolute Gasteiger partial charge is 0.495 e. The van der Waals surface area contributed by atoms with E-state index in [9.17, 15) is 49.7 Å². The number of ketones is 2. The Hall–Kier alpha value is -4.94. The lowest BCUT2D eigenvalue weighted by atomic mass is 9.54. The SMILES string of the molecule is C[C@H]1c2ccc(NCCC(=O)Nc3ccc4c(c3)OCCOB4O)c(O)c2C(O)=C2C(=O)[C@]3(O)C(O)=C(C(N)=O)C(=O)[C@@H](N(C)C)[C@@H]3[C@@H](O)[C@@H]21. The summed E-state index contributed by atoms with van der Waals surface area (Å²) >= 11 is 0. The second-order valence-corrected chi connectivity index (χ2v) is 13.0. The van der Waals surface area contributed by atoms with Gasteiger partial charge in [0.05, 0.1) is 35.9 Å². The van der Waals surface area contributed by atoms with Gasteiger partial charge in [-0.2, -0.15) is 0 Å². The van der Waals surface area contributed by atoms with Crippen molar-refractivity contribution in [2.24, 2.45) is 17.6 Å². The number of benzene rings is 2. The summed E-state index contributed by atoms with van der Waals surface area (Å²) in [6.07, 6.45) is -1.77. The minimum atomic E-state index is -3.01. The summed E-state index contributed by atoms with van der Waals surface area (Å²) < 4.78 is 10.8. The summed E-state index contributed by atoms with van der Waals surface area (Å²) in [4.78, 5) is 53.7. The van der Waals surface area contributed by atoms with Gasteiger partial charge in [0.2, 0.25) is 11.7 Å². The van der Waals surface area contributed by atoms with Crippen LogP contribution in [0.25, 0.3) is 5.76 Å². The van der Waals surface area contributed by atoms with Gasteiger partial charge in [0.25, 0.3) is 5.91 Å². The number of hydrogen-bond acceptors (Lipinski definition) is 14. The number of aromatic hydroxyl groups is 1. The van der Waals surface area contributed by atoms with Crippen molar-refractivity contribution in [3.05, 3.63) is 58.4 Å². The lowest BCUT2D eigenvalue weighted by molar-refractivity contribution is -0.169. The number of ether oxygens (including phenoxy) is 1. The monoisotopic (exact) mass is 692 g/mol. The Labute approximate surface area is 285 Å². The number of anilines is 2. The van der Waals surface area contributed by atoms with Crippen molar-refractivity contribution in [2.75, 3.05) is 44.5 Å². The Morgan fingerprint density at radius 1 is 1.12 bits per heavy atom. The highest BCUT2D eigenvalue weighted by atomic mass is 16.6. The van der Waals surface area contributed by atoms with Crippen LogP contribution in [0.2, 0.25) is 0 Å². The molecule has 1 aliphatic heterocycles. The number of aliphatic hydroxyl groups is 4. The third kappa shape index (κ3) is 5.29. The molecule has 50 heavy (non-hydrogen) atoms. The number of phenolic OH excluding ortho intramolecular Hbond substituents is 1. The number of rotatable bonds is 7. The van der Waals surface area contributed by atoms with Crippen LogP contribution in [0.15, 0.2) is 47.2 Å². The second kappa shape index (κ2) is 12.7. The van der Waals surface area contributed by atoms with Crippen LogP contribution in [0, 0.1) is 11.8 Å². The van der Waals surface area contributed by atoms with Crippen molar-refractivity contribution in [3.63, 3.8) is 0 Å². The first kappa shape index (κ1) is 34.9. The number of carbonyl (C=O) groups excluding carboxylic acids is 4. The van der Waals surface area contributed by atoms with Crippen molar-refractivity contribution >= 4 is 53.1 Å². The Bertz CT molecular complexity index is 1880. The first-order valence-electron chi connectivity index (χ1n) is 15.9. The molecule has 2 aromatic carbocycles. The molecule has 0 spiro atoms. The standard InChI is InChI=1S/C33H37BN4O12/c1-13-15-5-7-17(36-9-8-19(39)37-14-4-6-16-18(12-14)49-10-11-50-34(16)48)26(40)21(15)27(41)22-20(13)28(42)24-25(38(2)3)29(43)23(32(35)46)31(45)33(24,47)30(22)44/h4-7,12-13,20,24-25,28,36,40-42,45,47-48H,8-11H2,1-3H3,(H2,35,46)(H,37,39)/t13-,20+,24+,25-,28-,33-/m0/s1. The molecule has 0 saturated heterocycles. The number of likely N-dealkylation sites (N-methyl/N-ethyl adjacent to an activating group) is 1. The zero-order valence-electron chi connectivity index (χ0n) is 27.3. The number of nitrogens with zero attached hydrogens (tertiary/aromatic N) is 1. The number of nitrogens with one attached hydrogen (secondary N) is 2. The molecule has 264 valence electrons. The second-order valence-electron chi connectivity index (χ2n) is 13.0.